The number of carbonyl (C=O) groups is 1. The molecule has 2 atom stereocenters. The van der Waals surface area contributed by atoms with Gasteiger partial charge in [-0.25, -0.2) is 0 Å². The van der Waals surface area contributed by atoms with Crippen molar-refractivity contribution in [1.29, 1.82) is 0 Å². The summed E-state index contributed by atoms with van der Waals surface area (Å²) in [7, 11) is 0. The van der Waals surface area contributed by atoms with Gasteiger partial charge < -0.3 is 10.2 Å². The van der Waals surface area contributed by atoms with E-state index in [1.165, 1.54) is 30.4 Å². The van der Waals surface area contributed by atoms with Gasteiger partial charge in [-0.3, -0.25) is 4.79 Å². The monoisotopic (exact) mass is 288 g/mol. The molecule has 0 heterocycles. The predicted octanol–water partition coefficient (Wildman–Crippen LogP) is 2.95. The molecule has 0 radical (unpaired) electrons. The molecule has 1 amide bonds. The van der Waals surface area contributed by atoms with Gasteiger partial charge in [0, 0.05) is 19.6 Å². The van der Waals surface area contributed by atoms with Gasteiger partial charge in [-0.2, -0.15) is 0 Å². The van der Waals surface area contributed by atoms with Crippen molar-refractivity contribution in [2.24, 2.45) is 0 Å². The van der Waals surface area contributed by atoms with Gasteiger partial charge in [-0.05, 0) is 57.1 Å². The van der Waals surface area contributed by atoms with Crippen LogP contribution in [0.25, 0.3) is 0 Å². The van der Waals surface area contributed by atoms with Crippen molar-refractivity contribution < 1.29 is 4.79 Å². The van der Waals surface area contributed by atoms with Crippen molar-refractivity contribution in [3.8, 4) is 0 Å². The molecule has 0 saturated carbocycles. The van der Waals surface area contributed by atoms with Crippen LogP contribution in [0.4, 0.5) is 0 Å². The van der Waals surface area contributed by atoms with Gasteiger partial charge in [0.05, 0.1) is 6.04 Å². The topological polar surface area (TPSA) is 32.3 Å². The summed E-state index contributed by atoms with van der Waals surface area (Å²) in [4.78, 5) is 14.2. The third kappa shape index (κ3) is 3.85. The van der Waals surface area contributed by atoms with E-state index < -0.39 is 0 Å². The molecule has 116 valence electrons. The van der Waals surface area contributed by atoms with E-state index in [0.29, 0.717) is 5.92 Å². The number of amides is 1. The molecular weight excluding hydrogens is 260 g/mol. The summed E-state index contributed by atoms with van der Waals surface area (Å²) in [6.45, 7) is 8.51. The van der Waals surface area contributed by atoms with E-state index in [2.05, 4.69) is 29.6 Å². The third-order valence-corrected chi connectivity index (χ3v) is 4.61. The molecule has 0 bridgehead atoms. The maximum Gasteiger partial charge on any atom is 0.239 e. The summed E-state index contributed by atoms with van der Waals surface area (Å²) in [6.07, 6.45) is 3.67. The van der Waals surface area contributed by atoms with Crippen LogP contribution in [0, 0.1) is 0 Å². The number of rotatable bonds is 6. The Balaban J connectivity index is 1.93. The van der Waals surface area contributed by atoms with Crippen molar-refractivity contribution in [3.05, 3.63) is 35.4 Å². The summed E-state index contributed by atoms with van der Waals surface area (Å²) >= 11 is 0. The minimum atomic E-state index is -0.0982. The molecule has 2 unspecified atom stereocenters. The fraction of sp³-hybridized carbons (Fsp3) is 0.611. The molecular formula is C18H28N2O. The minimum absolute atomic E-state index is 0.0982. The van der Waals surface area contributed by atoms with E-state index in [0.717, 1.165) is 19.6 Å². The van der Waals surface area contributed by atoms with Crippen molar-refractivity contribution in [1.82, 2.24) is 10.2 Å². The lowest BCUT2D eigenvalue weighted by molar-refractivity contribution is -0.132. The first-order valence-electron chi connectivity index (χ1n) is 8.27. The van der Waals surface area contributed by atoms with E-state index in [1.807, 2.05) is 25.7 Å². The number of likely N-dealkylation sites (N-methyl/N-ethyl adjacent to an activating group) is 1. The molecule has 1 aromatic carbocycles. The normalized spacial score (nSPS) is 18.9. The van der Waals surface area contributed by atoms with Crippen LogP contribution < -0.4 is 5.32 Å². The number of hydrogen-bond acceptors (Lipinski definition) is 2. The van der Waals surface area contributed by atoms with Crippen LogP contribution in [0.15, 0.2) is 24.3 Å². The zero-order chi connectivity index (χ0) is 15.2. The number of benzene rings is 1. The van der Waals surface area contributed by atoms with Gasteiger partial charge in [0.2, 0.25) is 5.91 Å². The highest BCUT2D eigenvalue weighted by atomic mass is 16.2. The largest absolute Gasteiger partial charge is 0.342 e. The molecule has 0 spiro atoms. The second kappa shape index (κ2) is 7.60. The second-order valence-electron chi connectivity index (χ2n) is 5.93. The number of hydrogen-bond donors (Lipinski definition) is 1. The van der Waals surface area contributed by atoms with Crippen molar-refractivity contribution in [2.75, 3.05) is 19.6 Å². The number of nitrogens with zero attached hydrogens (tertiary/aromatic N) is 1. The fourth-order valence-electron chi connectivity index (χ4n) is 3.28. The van der Waals surface area contributed by atoms with E-state index in [1.54, 1.807) is 0 Å². The number of fused-ring (bicyclic) bond motifs is 1. The van der Waals surface area contributed by atoms with E-state index in [4.69, 9.17) is 0 Å². The molecule has 0 aliphatic heterocycles. The Bertz CT molecular complexity index is 468. The first-order valence-corrected chi connectivity index (χ1v) is 8.27. The summed E-state index contributed by atoms with van der Waals surface area (Å²) in [5, 5.41) is 3.45. The Kier molecular flexibility index (Phi) is 5.80. The van der Waals surface area contributed by atoms with Crippen LogP contribution in [-0.2, 0) is 11.2 Å². The van der Waals surface area contributed by atoms with Gasteiger partial charge in [0.1, 0.15) is 0 Å². The molecule has 1 aliphatic rings. The van der Waals surface area contributed by atoms with Crippen LogP contribution >= 0.6 is 0 Å². The second-order valence-corrected chi connectivity index (χ2v) is 5.93. The molecule has 1 aliphatic carbocycles. The summed E-state index contributed by atoms with van der Waals surface area (Å²) in [5.41, 5.74) is 2.96. The molecule has 1 N–H and O–H groups in total. The lowest BCUT2D eigenvalue weighted by atomic mass is 9.83. The highest BCUT2D eigenvalue weighted by molar-refractivity contribution is 5.81. The van der Waals surface area contributed by atoms with Crippen LogP contribution in [0.2, 0.25) is 0 Å². The molecule has 0 saturated heterocycles. The third-order valence-electron chi connectivity index (χ3n) is 4.61. The smallest absolute Gasteiger partial charge is 0.239 e. The highest BCUT2D eigenvalue weighted by Gasteiger charge is 2.22. The van der Waals surface area contributed by atoms with Gasteiger partial charge >= 0.3 is 0 Å². The molecule has 3 heteroatoms. The predicted molar refractivity (Wildman–Crippen MR) is 87.5 cm³/mol. The number of nitrogens with one attached hydrogen (secondary N) is 1. The first-order chi connectivity index (χ1) is 10.2. The summed E-state index contributed by atoms with van der Waals surface area (Å²) in [6, 6.07) is 8.64. The Morgan fingerprint density at radius 3 is 2.76 bits per heavy atom. The highest BCUT2D eigenvalue weighted by Crippen LogP contribution is 2.30. The fourth-order valence-corrected chi connectivity index (χ4v) is 3.28. The summed E-state index contributed by atoms with van der Waals surface area (Å²) in [5.74, 6) is 0.756. The first kappa shape index (κ1) is 16.0. The standard InChI is InChI=1S/C18H28N2O/c1-4-20(5-2)18(21)14(3)19-13-16-11-8-10-15-9-6-7-12-17(15)16/h6-7,9,12,14,16,19H,4-5,8,10-11,13H2,1-3H3. The van der Waals surface area contributed by atoms with Crippen LogP contribution in [0.3, 0.4) is 0 Å². The average Bonchev–Trinajstić information content (AvgIpc) is 2.53. The Morgan fingerprint density at radius 2 is 2.05 bits per heavy atom. The SMILES string of the molecule is CCN(CC)C(=O)C(C)NCC1CCCc2ccccc21. The van der Waals surface area contributed by atoms with Crippen molar-refractivity contribution in [2.45, 2.75) is 52.0 Å². The van der Waals surface area contributed by atoms with Gasteiger partial charge in [-0.1, -0.05) is 24.3 Å². The van der Waals surface area contributed by atoms with Crippen LogP contribution in [-0.4, -0.2) is 36.5 Å². The van der Waals surface area contributed by atoms with E-state index in [-0.39, 0.29) is 11.9 Å². The Labute approximate surface area is 128 Å². The Morgan fingerprint density at radius 1 is 1.33 bits per heavy atom. The minimum Gasteiger partial charge on any atom is -0.342 e. The number of carbonyl (C=O) groups excluding carboxylic acids is 1. The average molecular weight is 288 g/mol. The van der Waals surface area contributed by atoms with Gasteiger partial charge in [0.25, 0.3) is 0 Å². The van der Waals surface area contributed by atoms with Gasteiger partial charge in [-0.15, -0.1) is 0 Å². The molecule has 21 heavy (non-hydrogen) atoms. The van der Waals surface area contributed by atoms with Crippen LogP contribution in [0.5, 0.6) is 0 Å². The Hall–Kier alpha value is -1.35. The van der Waals surface area contributed by atoms with Crippen molar-refractivity contribution >= 4 is 5.91 Å². The summed E-state index contributed by atoms with van der Waals surface area (Å²) < 4.78 is 0. The zero-order valence-corrected chi connectivity index (χ0v) is 13.6. The lowest BCUT2D eigenvalue weighted by Gasteiger charge is -2.28. The quantitative estimate of drug-likeness (QED) is 0.873. The van der Waals surface area contributed by atoms with E-state index >= 15 is 0 Å². The molecule has 0 fully saturated rings. The number of aryl methyl sites for hydroxylation is 1. The molecule has 0 aromatic heterocycles. The van der Waals surface area contributed by atoms with E-state index in [9.17, 15) is 4.79 Å². The molecule has 1 aromatic rings. The maximum atomic E-state index is 12.3. The zero-order valence-electron chi connectivity index (χ0n) is 13.6. The lowest BCUT2D eigenvalue weighted by Crippen LogP contribution is -2.46. The van der Waals surface area contributed by atoms with Crippen molar-refractivity contribution in [3.63, 3.8) is 0 Å². The van der Waals surface area contributed by atoms with Gasteiger partial charge in [0.15, 0.2) is 0 Å². The molecule has 2 rings (SSSR count). The maximum absolute atomic E-state index is 12.3. The molecule has 3 nitrogen and oxygen atoms in total. The van der Waals surface area contributed by atoms with Crippen LogP contribution in [0.1, 0.15) is 50.7 Å².